The lowest BCUT2D eigenvalue weighted by molar-refractivity contribution is 0.195. The lowest BCUT2D eigenvalue weighted by Gasteiger charge is -2.33. The van der Waals surface area contributed by atoms with Crippen LogP contribution in [0.5, 0.6) is 0 Å². The second-order valence-corrected chi connectivity index (χ2v) is 5.11. The maximum Gasteiger partial charge on any atom is 0.185 e. The van der Waals surface area contributed by atoms with Gasteiger partial charge < -0.3 is 10.0 Å². The van der Waals surface area contributed by atoms with E-state index in [0.29, 0.717) is 6.04 Å². The molecular formula is C11H18N2OS. The zero-order valence-electron chi connectivity index (χ0n) is 9.31. The first-order chi connectivity index (χ1) is 7.18. The lowest BCUT2D eigenvalue weighted by atomic mass is 10.1. The van der Waals surface area contributed by atoms with Crippen molar-refractivity contribution in [3.63, 3.8) is 0 Å². The van der Waals surface area contributed by atoms with Gasteiger partial charge in [-0.05, 0) is 33.1 Å². The van der Waals surface area contributed by atoms with Crippen molar-refractivity contribution in [1.29, 1.82) is 0 Å². The number of hydrogen-bond donors (Lipinski definition) is 1. The molecule has 0 saturated carbocycles. The van der Waals surface area contributed by atoms with Crippen molar-refractivity contribution in [3.05, 3.63) is 11.1 Å². The van der Waals surface area contributed by atoms with Crippen LogP contribution < -0.4 is 4.90 Å². The Morgan fingerprint density at radius 3 is 3.00 bits per heavy atom. The molecule has 1 aromatic heterocycles. The maximum absolute atomic E-state index is 9.43. The predicted molar refractivity (Wildman–Crippen MR) is 63.4 cm³/mol. The van der Waals surface area contributed by atoms with Gasteiger partial charge in [0.05, 0.1) is 11.8 Å². The number of aliphatic hydroxyl groups excluding tert-OH is 1. The molecule has 0 aliphatic carbocycles. The molecule has 0 amide bonds. The zero-order valence-corrected chi connectivity index (χ0v) is 10.1. The molecule has 2 unspecified atom stereocenters. The predicted octanol–water partition coefficient (Wildman–Crippen LogP) is 2.58. The number of thiazole rings is 1. The van der Waals surface area contributed by atoms with Crippen LogP contribution >= 0.6 is 11.3 Å². The van der Waals surface area contributed by atoms with Gasteiger partial charge in [-0.2, -0.15) is 0 Å². The minimum absolute atomic E-state index is 0.449. The van der Waals surface area contributed by atoms with Crippen molar-refractivity contribution < 1.29 is 5.11 Å². The minimum Gasteiger partial charge on any atom is -0.387 e. The van der Waals surface area contributed by atoms with E-state index in [-0.39, 0.29) is 0 Å². The van der Waals surface area contributed by atoms with Gasteiger partial charge in [0.2, 0.25) is 0 Å². The zero-order chi connectivity index (χ0) is 10.8. The van der Waals surface area contributed by atoms with Crippen molar-refractivity contribution in [2.24, 2.45) is 0 Å². The average Bonchev–Trinajstić information content (AvgIpc) is 2.67. The number of rotatable bonds is 2. The Hall–Kier alpha value is -0.610. The summed E-state index contributed by atoms with van der Waals surface area (Å²) in [7, 11) is 0. The highest BCUT2D eigenvalue weighted by molar-refractivity contribution is 7.13. The first-order valence-electron chi connectivity index (χ1n) is 5.58. The molecule has 1 fully saturated rings. The van der Waals surface area contributed by atoms with Crippen LogP contribution in [0.2, 0.25) is 0 Å². The monoisotopic (exact) mass is 226 g/mol. The lowest BCUT2D eigenvalue weighted by Crippen LogP contribution is -2.37. The number of anilines is 1. The van der Waals surface area contributed by atoms with Crippen LogP contribution in [0.1, 0.15) is 44.9 Å². The molecular weight excluding hydrogens is 208 g/mol. The van der Waals surface area contributed by atoms with Gasteiger partial charge in [0.1, 0.15) is 0 Å². The molecule has 2 heterocycles. The fourth-order valence-corrected chi connectivity index (χ4v) is 3.02. The van der Waals surface area contributed by atoms with Gasteiger partial charge in [-0.3, -0.25) is 0 Å². The fourth-order valence-electron chi connectivity index (χ4n) is 1.98. The number of nitrogens with zero attached hydrogens (tertiary/aromatic N) is 2. The van der Waals surface area contributed by atoms with Crippen molar-refractivity contribution in [2.45, 2.75) is 45.3 Å². The van der Waals surface area contributed by atoms with E-state index in [1.165, 1.54) is 19.3 Å². The van der Waals surface area contributed by atoms with Gasteiger partial charge >= 0.3 is 0 Å². The second kappa shape index (κ2) is 4.49. The molecule has 0 bridgehead atoms. The van der Waals surface area contributed by atoms with E-state index in [1.807, 2.05) is 5.38 Å². The summed E-state index contributed by atoms with van der Waals surface area (Å²) in [4.78, 5) is 6.84. The fraction of sp³-hybridized carbons (Fsp3) is 0.727. The van der Waals surface area contributed by atoms with Crippen molar-refractivity contribution in [1.82, 2.24) is 4.98 Å². The van der Waals surface area contributed by atoms with E-state index < -0.39 is 6.10 Å². The topological polar surface area (TPSA) is 36.4 Å². The third kappa shape index (κ3) is 2.32. The molecule has 0 spiro atoms. The van der Waals surface area contributed by atoms with Gasteiger partial charge in [0.15, 0.2) is 5.13 Å². The minimum atomic E-state index is -0.449. The third-order valence-electron chi connectivity index (χ3n) is 2.99. The molecule has 0 radical (unpaired) electrons. The van der Waals surface area contributed by atoms with E-state index in [2.05, 4.69) is 16.8 Å². The van der Waals surface area contributed by atoms with Crippen LogP contribution in [0, 0.1) is 0 Å². The first-order valence-corrected chi connectivity index (χ1v) is 6.46. The highest BCUT2D eigenvalue weighted by Gasteiger charge is 2.21. The Bertz CT molecular complexity index is 324. The van der Waals surface area contributed by atoms with Gasteiger partial charge in [-0.15, -0.1) is 11.3 Å². The molecule has 4 heteroatoms. The van der Waals surface area contributed by atoms with Crippen LogP contribution in [0.25, 0.3) is 0 Å². The molecule has 1 N–H and O–H groups in total. The molecule has 1 aliphatic rings. The highest BCUT2D eigenvalue weighted by Crippen LogP contribution is 2.29. The standard InChI is InChI=1S/C11H18N2OS/c1-8-5-3-4-6-13(8)11-12-10(7-15-11)9(2)14/h7-9,14H,3-6H2,1-2H3. The number of hydrogen-bond acceptors (Lipinski definition) is 4. The molecule has 2 rings (SSSR count). The van der Waals surface area contributed by atoms with Gasteiger partial charge in [0, 0.05) is 18.0 Å². The summed E-state index contributed by atoms with van der Waals surface area (Å²) in [5, 5.41) is 12.5. The number of aliphatic hydroxyl groups is 1. The van der Waals surface area contributed by atoms with E-state index >= 15 is 0 Å². The second-order valence-electron chi connectivity index (χ2n) is 4.27. The summed E-state index contributed by atoms with van der Waals surface area (Å²) >= 11 is 1.64. The summed E-state index contributed by atoms with van der Waals surface area (Å²) in [5.74, 6) is 0. The van der Waals surface area contributed by atoms with Crippen LogP contribution in [-0.4, -0.2) is 22.7 Å². The smallest absolute Gasteiger partial charge is 0.185 e. The third-order valence-corrected chi connectivity index (χ3v) is 3.88. The molecule has 15 heavy (non-hydrogen) atoms. The van der Waals surface area contributed by atoms with Crippen LogP contribution in [0.4, 0.5) is 5.13 Å². The Balaban J connectivity index is 2.13. The van der Waals surface area contributed by atoms with Crippen LogP contribution in [-0.2, 0) is 0 Å². The highest BCUT2D eigenvalue weighted by atomic mass is 32.1. The SMILES string of the molecule is CC(O)c1csc(N2CCCCC2C)n1. The van der Waals surface area contributed by atoms with E-state index in [9.17, 15) is 5.11 Å². The van der Waals surface area contributed by atoms with Gasteiger partial charge in [0.25, 0.3) is 0 Å². The number of aromatic nitrogens is 1. The van der Waals surface area contributed by atoms with Crippen molar-refractivity contribution >= 4 is 16.5 Å². The van der Waals surface area contributed by atoms with E-state index in [0.717, 1.165) is 17.4 Å². The van der Waals surface area contributed by atoms with Crippen LogP contribution in [0.15, 0.2) is 5.38 Å². The molecule has 1 saturated heterocycles. The molecule has 1 aliphatic heterocycles. The largest absolute Gasteiger partial charge is 0.387 e. The molecule has 84 valence electrons. The average molecular weight is 226 g/mol. The normalized spacial score (nSPS) is 24.2. The van der Waals surface area contributed by atoms with Crippen LogP contribution in [0.3, 0.4) is 0 Å². The Kier molecular flexibility index (Phi) is 3.26. The summed E-state index contributed by atoms with van der Waals surface area (Å²) < 4.78 is 0. The summed E-state index contributed by atoms with van der Waals surface area (Å²) in [6, 6.07) is 0.590. The maximum atomic E-state index is 9.43. The van der Waals surface area contributed by atoms with Crippen molar-refractivity contribution in [2.75, 3.05) is 11.4 Å². The Labute approximate surface area is 94.8 Å². The van der Waals surface area contributed by atoms with E-state index in [4.69, 9.17) is 0 Å². The number of piperidine rings is 1. The Morgan fingerprint density at radius 1 is 1.60 bits per heavy atom. The molecule has 0 aromatic carbocycles. The summed E-state index contributed by atoms with van der Waals surface area (Å²) in [6.45, 7) is 5.12. The summed E-state index contributed by atoms with van der Waals surface area (Å²) in [6.07, 6.45) is 3.39. The molecule has 1 aromatic rings. The molecule has 3 nitrogen and oxygen atoms in total. The van der Waals surface area contributed by atoms with Gasteiger partial charge in [-0.1, -0.05) is 0 Å². The Morgan fingerprint density at radius 2 is 2.40 bits per heavy atom. The van der Waals surface area contributed by atoms with Gasteiger partial charge in [-0.25, -0.2) is 4.98 Å². The van der Waals surface area contributed by atoms with Crippen molar-refractivity contribution in [3.8, 4) is 0 Å². The summed E-state index contributed by atoms with van der Waals surface area (Å²) in [5.41, 5.74) is 0.799. The van der Waals surface area contributed by atoms with E-state index in [1.54, 1.807) is 18.3 Å². The quantitative estimate of drug-likeness (QED) is 0.842. The first kappa shape index (κ1) is 10.9. The molecule has 2 atom stereocenters.